The minimum absolute atomic E-state index is 0.0864. The van der Waals surface area contributed by atoms with Crippen molar-refractivity contribution in [3.8, 4) is 11.5 Å². The highest BCUT2D eigenvalue weighted by atomic mass is 16.6. The average Bonchev–Trinajstić information content (AvgIpc) is 2.68. The molecule has 4 rings (SSSR count). The Kier molecular flexibility index (Phi) is 5.14. The molecule has 1 saturated heterocycles. The molecule has 1 aromatic heterocycles. The Morgan fingerprint density at radius 2 is 1.92 bits per heavy atom. The zero-order valence-electron chi connectivity index (χ0n) is 14.4. The number of hydrogen-bond donors (Lipinski definition) is 1. The van der Waals surface area contributed by atoms with Crippen molar-refractivity contribution in [3.63, 3.8) is 0 Å². The van der Waals surface area contributed by atoms with Crippen LogP contribution in [0, 0.1) is 0 Å². The Balaban J connectivity index is 1.19. The first kappa shape index (κ1) is 16.4. The predicted molar refractivity (Wildman–Crippen MR) is 96.9 cm³/mol. The topological polar surface area (TPSA) is 46.6 Å². The lowest BCUT2D eigenvalue weighted by atomic mass is 10.0. The molecule has 1 fully saturated rings. The van der Waals surface area contributed by atoms with Gasteiger partial charge in [0, 0.05) is 31.5 Å². The van der Waals surface area contributed by atoms with Crippen LogP contribution < -0.4 is 14.8 Å². The standard InChI is InChI=1S/C20H25N3O2/c1-2-6-20-19(5-1)24-15-18(25-20)13-22-17-7-10-23(11-8-17)14-16-4-3-9-21-12-16/h1-6,9,12,17-18,22H,7-8,10-11,13-15H2. The van der Waals surface area contributed by atoms with E-state index in [0.29, 0.717) is 12.6 Å². The van der Waals surface area contributed by atoms with Crippen LogP contribution in [-0.4, -0.2) is 48.3 Å². The van der Waals surface area contributed by atoms with Crippen LogP contribution in [0.2, 0.25) is 0 Å². The van der Waals surface area contributed by atoms with Gasteiger partial charge in [0.25, 0.3) is 0 Å². The quantitative estimate of drug-likeness (QED) is 0.907. The van der Waals surface area contributed by atoms with Crippen LogP contribution in [-0.2, 0) is 6.54 Å². The minimum Gasteiger partial charge on any atom is -0.486 e. The number of nitrogens with one attached hydrogen (secondary N) is 1. The molecule has 1 unspecified atom stereocenters. The van der Waals surface area contributed by atoms with Crippen LogP contribution in [0.25, 0.3) is 0 Å². The van der Waals surface area contributed by atoms with Crippen molar-refractivity contribution in [2.24, 2.45) is 0 Å². The van der Waals surface area contributed by atoms with E-state index >= 15 is 0 Å². The number of likely N-dealkylation sites (tertiary alicyclic amines) is 1. The number of piperidine rings is 1. The van der Waals surface area contributed by atoms with Crippen LogP contribution in [0.15, 0.2) is 48.8 Å². The zero-order chi connectivity index (χ0) is 16.9. The Bertz CT molecular complexity index is 672. The van der Waals surface area contributed by atoms with Gasteiger partial charge in [-0.15, -0.1) is 0 Å². The maximum Gasteiger partial charge on any atom is 0.161 e. The van der Waals surface area contributed by atoms with E-state index in [4.69, 9.17) is 9.47 Å². The van der Waals surface area contributed by atoms with E-state index in [1.807, 2.05) is 42.7 Å². The Labute approximate surface area is 149 Å². The summed E-state index contributed by atoms with van der Waals surface area (Å²) >= 11 is 0. The van der Waals surface area contributed by atoms with Crippen LogP contribution in [0.5, 0.6) is 11.5 Å². The first-order valence-electron chi connectivity index (χ1n) is 9.10. The largest absolute Gasteiger partial charge is 0.486 e. The van der Waals surface area contributed by atoms with E-state index in [1.54, 1.807) is 0 Å². The van der Waals surface area contributed by atoms with E-state index in [2.05, 4.69) is 21.3 Å². The van der Waals surface area contributed by atoms with Crippen molar-refractivity contribution in [2.45, 2.75) is 31.5 Å². The molecular formula is C20H25N3O2. The fourth-order valence-corrected chi connectivity index (χ4v) is 3.51. The van der Waals surface area contributed by atoms with Crippen molar-refractivity contribution in [1.82, 2.24) is 15.2 Å². The number of aromatic nitrogens is 1. The summed E-state index contributed by atoms with van der Waals surface area (Å²) < 4.78 is 11.8. The van der Waals surface area contributed by atoms with Gasteiger partial charge >= 0.3 is 0 Å². The van der Waals surface area contributed by atoms with Crippen molar-refractivity contribution in [1.29, 1.82) is 0 Å². The van der Waals surface area contributed by atoms with Gasteiger partial charge in [0.2, 0.25) is 0 Å². The third kappa shape index (κ3) is 4.30. The van der Waals surface area contributed by atoms with E-state index in [9.17, 15) is 0 Å². The lowest BCUT2D eigenvalue weighted by Crippen LogP contribution is -2.47. The fraction of sp³-hybridized carbons (Fsp3) is 0.450. The molecule has 0 saturated carbocycles. The molecule has 5 nitrogen and oxygen atoms in total. The van der Waals surface area contributed by atoms with Gasteiger partial charge in [-0.3, -0.25) is 9.88 Å². The van der Waals surface area contributed by atoms with Gasteiger partial charge in [0.05, 0.1) is 0 Å². The summed E-state index contributed by atoms with van der Waals surface area (Å²) in [6, 6.07) is 12.6. The summed E-state index contributed by atoms with van der Waals surface area (Å²) in [4.78, 5) is 6.70. The van der Waals surface area contributed by atoms with Gasteiger partial charge in [0.1, 0.15) is 12.7 Å². The number of fused-ring (bicyclic) bond motifs is 1. The van der Waals surface area contributed by atoms with Crippen molar-refractivity contribution < 1.29 is 9.47 Å². The molecule has 0 radical (unpaired) electrons. The number of pyridine rings is 1. The Morgan fingerprint density at radius 1 is 1.08 bits per heavy atom. The molecule has 2 aromatic rings. The number of nitrogens with zero attached hydrogens (tertiary/aromatic N) is 2. The number of ether oxygens (including phenoxy) is 2. The summed E-state index contributed by atoms with van der Waals surface area (Å²) in [7, 11) is 0. The second kappa shape index (κ2) is 7.85. The predicted octanol–water partition coefficient (Wildman–Crippen LogP) is 2.48. The monoisotopic (exact) mass is 339 g/mol. The SMILES string of the molecule is c1cncc(CN2CCC(NCC3COc4ccccc4O3)CC2)c1. The van der Waals surface area contributed by atoms with E-state index < -0.39 is 0 Å². The Hall–Kier alpha value is -2.11. The van der Waals surface area contributed by atoms with Gasteiger partial charge in [-0.1, -0.05) is 18.2 Å². The van der Waals surface area contributed by atoms with Gasteiger partial charge in [-0.2, -0.15) is 0 Å². The normalized spacial score (nSPS) is 21.2. The van der Waals surface area contributed by atoms with Gasteiger partial charge in [-0.25, -0.2) is 0 Å². The van der Waals surface area contributed by atoms with E-state index in [-0.39, 0.29) is 6.10 Å². The first-order valence-corrected chi connectivity index (χ1v) is 9.10. The molecule has 2 aliphatic heterocycles. The third-order valence-electron chi connectivity index (χ3n) is 4.92. The van der Waals surface area contributed by atoms with Gasteiger partial charge in [-0.05, 0) is 49.7 Å². The lowest BCUT2D eigenvalue weighted by Gasteiger charge is -2.34. The van der Waals surface area contributed by atoms with E-state index in [1.165, 1.54) is 18.4 Å². The molecule has 0 aliphatic carbocycles. The first-order chi connectivity index (χ1) is 12.4. The summed E-state index contributed by atoms with van der Waals surface area (Å²) in [5.74, 6) is 1.70. The van der Waals surface area contributed by atoms with E-state index in [0.717, 1.165) is 37.7 Å². The third-order valence-corrected chi connectivity index (χ3v) is 4.92. The maximum atomic E-state index is 6.02. The molecule has 0 spiro atoms. The average molecular weight is 339 g/mol. The van der Waals surface area contributed by atoms with Crippen LogP contribution >= 0.6 is 0 Å². The molecule has 132 valence electrons. The summed E-state index contributed by atoms with van der Waals surface area (Å²) in [5.41, 5.74) is 1.29. The summed E-state index contributed by atoms with van der Waals surface area (Å²) in [6.45, 7) is 4.69. The van der Waals surface area contributed by atoms with Crippen molar-refractivity contribution >= 4 is 0 Å². The van der Waals surface area contributed by atoms with Crippen molar-refractivity contribution in [3.05, 3.63) is 54.4 Å². The molecule has 2 aliphatic rings. The molecule has 1 N–H and O–H groups in total. The maximum absolute atomic E-state index is 6.02. The second-order valence-corrected chi connectivity index (χ2v) is 6.82. The van der Waals surface area contributed by atoms with Crippen LogP contribution in [0.1, 0.15) is 18.4 Å². The summed E-state index contributed by atoms with van der Waals surface area (Å²) in [6.07, 6.45) is 6.22. The molecule has 25 heavy (non-hydrogen) atoms. The minimum atomic E-state index is 0.0864. The fourth-order valence-electron chi connectivity index (χ4n) is 3.51. The number of benzene rings is 1. The highest BCUT2D eigenvalue weighted by molar-refractivity contribution is 5.40. The summed E-state index contributed by atoms with van der Waals surface area (Å²) in [5, 5.41) is 3.66. The Morgan fingerprint density at radius 3 is 2.72 bits per heavy atom. The second-order valence-electron chi connectivity index (χ2n) is 6.82. The highest BCUT2D eigenvalue weighted by Gasteiger charge is 2.23. The van der Waals surface area contributed by atoms with Gasteiger partial charge < -0.3 is 14.8 Å². The lowest BCUT2D eigenvalue weighted by molar-refractivity contribution is 0.0843. The molecule has 0 amide bonds. The van der Waals surface area contributed by atoms with Crippen LogP contribution in [0.3, 0.4) is 0 Å². The number of hydrogen-bond acceptors (Lipinski definition) is 5. The van der Waals surface area contributed by atoms with Gasteiger partial charge in [0.15, 0.2) is 11.5 Å². The molecule has 1 aromatic carbocycles. The molecule has 3 heterocycles. The molecule has 1 atom stereocenters. The number of para-hydroxylation sites is 2. The number of rotatable bonds is 5. The van der Waals surface area contributed by atoms with Crippen molar-refractivity contribution in [2.75, 3.05) is 26.2 Å². The molecule has 0 bridgehead atoms. The smallest absolute Gasteiger partial charge is 0.161 e. The highest BCUT2D eigenvalue weighted by Crippen LogP contribution is 2.30. The zero-order valence-corrected chi connectivity index (χ0v) is 14.4. The molecule has 5 heteroatoms. The van der Waals surface area contributed by atoms with Crippen LogP contribution in [0.4, 0.5) is 0 Å². The molecular weight excluding hydrogens is 314 g/mol.